The second-order valence-corrected chi connectivity index (χ2v) is 5.41. The van der Waals surface area contributed by atoms with Crippen molar-refractivity contribution in [2.45, 2.75) is 32.7 Å². The fraction of sp³-hybridized carbons (Fsp3) is 0.375. The summed E-state index contributed by atoms with van der Waals surface area (Å²) < 4.78 is 33.8. The molecule has 0 saturated heterocycles. The van der Waals surface area contributed by atoms with E-state index >= 15 is 0 Å². The van der Waals surface area contributed by atoms with Gasteiger partial charge in [-0.15, -0.1) is 0 Å². The fourth-order valence-corrected chi connectivity index (χ4v) is 3.09. The lowest BCUT2D eigenvalue weighted by Crippen LogP contribution is -2.24. The number of benzene rings is 1. The van der Waals surface area contributed by atoms with Crippen LogP contribution in [0.2, 0.25) is 0 Å². The molecule has 0 fully saturated rings. The molecule has 0 N–H and O–H groups in total. The fourth-order valence-electron chi connectivity index (χ4n) is 3.09. The zero-order valence-electron chi connectivity index (χ0n) is 12.3. The van der Waals surface area contributed by atoms with Gasteiger partial charge >= 0.3 is 5.97 Å². The maximum Gasteiger partial charge on any atom is 0.343 e. The van der Waals surface area contributed by atoms with E-state index in [2.05, 4.69) is 0 Å². The van der Waals surface area contributed by atoms with Crippen LogP contribution in [0.15, 0.2) is 16.9 Å². The summed E-state index contributed by atoms with van der Waals surface area (Å²) in [5, 5.41) is -0.000506. The molecule has 1 aliphatic heterocycles. The second-order valence-electron chi connectivity index (χ2n) is 5.41. The number of hydrogen-bond acceptors (Lipinski definition) is 3. The highest BCUT2D eigenvalue weighted by atomic mass is 19.2. The number of pyridine rings is 1. The highest BCUT2D eigenvalue weighted by Gasteiger charge is 2.29. The number of halogens is 2. The van der Waals surface area contributed by atoms with E-state index in [1.165, 1.54) is 0 Å². The summed E-state index contributed by atoms with van der Waals surface area (Å²) in [5.74, 6) is -2.83. The van der Waals surface area contributed by atoms with Crippen LogP contribution in [0.3, 0.4) is 0 Å². The molecule has 1 aromatic heterocycles. The van der Waals surface area contributed by atoms with Crippen LogP contribution in [0.1, 0.15) is 42.4 Å². The van der Waals surface area contributed by atoms with E-state index in [4.69, 9.17) is 4.74 Å². The van der Waals surface area contributed by atoms with Crippen molar-refractivity contribution in [3.05, 3.63) is 45.2 Å². The highest BCUT2D eigenvalue weighted by molar-refractivity contribution is 5.95. The zero-order valence-corrected chi connectivity index (χ0v) is 12.3. The first-order valence-electron chi connectivity index (χ1n) is 7.19. The lowest BCUT2D eigenvalue weighted by atomic mass is 10.1. The number of carbonyl (C=O) groups excluding carboxylic acids is 1. The Morgan fingerprint density at radius 1 is 1.36 bits per heavy atom. The molecule has 1 unspecified atom stereocenters. The van der Waals surface area contributed by atoms with Crippen LogP contribution in [0.5, 0.6) is 0 Å². The topological polar surface area (TPSA) is 48.3 Å². The molecular weight excluding hydrogens is 292 g/mol. The van der Waals surface area contributed by atoms with Crippen molar-refractivity contribution in [1.29, 1.82) is 0 Å². The van der Waals surface area contributed by atoms with Crippen LogP contribution in [0.25, 0.3) is 10.9 Å². The van der Waals surface area contributed by atoms with Crippen LogP contribution >= 0.6 is 0 Å². The quantitative estimate of drug-likeness (QED) is 0.801. The summed E-state index contributed by atoms with van der Waals surface area (Å²) in [7, 11) is 0. The van der Waals surface area contributed by atoms with Crippen molar-refractivity contribution in [3.8, 4) is 0 Å². The van der Waals surface area contributed by atoms with E-state index < -0.39 is 23.0 Å². The Labute approximate surface area is 125 Å². The smallest absolute Gasteiger partial charge is 0.343 e. The molecular formula is C16H15F2NO3. The Balaban J connectivity index is 2.44. The Kier molecular flexibility index (Phi) is 3.47. The molecule has 22 heavy (non-hydrogen) atoms. The van der Waals surface area contributed by atoms with Crippen LogP contribution in [-0.4, -0.2) is 17.1 Å². The third-order valence-corrected chi connectivity index (χ3v) is 4.07. The zero-order chi connectivity index (χ0) is 16.0. The molecule has 0 bridgehead atoms. The minimum Gasteiger partial charge on any atom is -0.462 e. The Morgan fingerprint density at radius 3 is 2.73 bits per heavy atom. The van der Waals surface area contributed by atoms with Gasteiger partial charge in [0.2, 0.25) is 5.43 Å². The minimum atomic E-state index is -1.11. The van der Waals surface area contributed by atoms with Gasteiger partial charge in [-0.25, -0.2) is 13.6 Å². The van der Waals surface area contributed by atoms with E-state index in [1.807, 2.05) is 6.92 Å². The Bertz CT molecular complexity index is 842. The number of hydrogen-bond donors (Lipinski definition) is 0. The van der Waals surface area contributed by atoms with Crippen molar-refractivity contribution in [1.82, 2.24) is 4.57 Å². The van der Waals surface area contributed by atoms with Crippen LogP contribution in [0, 0.1) is 11.6 Å². The lowest BCUT2D eigenvalue weighted by molar-refractivity contribution is 0.0523. The molecule has 0 amide bonds. The van der Waals surface area contributed by atoms with Gasteiger partial charge in [0.25, 0.3) is 0 Å². The van der Waals surface area contributed by atoms with Crippen molar-refractivity contribution < 1.29 is 18.3 Å². The third-order valence-electron chi connectivity index (χ3n) is 4.07. The average Bonchev–Trinajstić information content (AvgIpc) is 2.83. The summed E-state index contributed by atoms with van der Waals surface area (Å²) in [4.78, 5) is 24.7. The first-order chi connectivity index (χ1) is 10.5. The molecule has 0 aliphatic carbocycles. The van der Waals surface area contributed by atoms with E-state index in [9.17, 15) is 18.4 Å². The molecule has 3 rings (SSSR count). The number of esters is 1. The van der Waals surface area contributed by atoms with Gasteiger partial charge in [-0.1, -0.05) is 0 Å². The van der Waals surface area contributed by atoms with Crippen molar-refractivity contribution >= 4 is 16.9 Å². The van der Waals surface area contributed by atoms with E-state index in [-0.39, 0.29) is 23.6 Å². The van der Waals surface area contributed by atoms with E-state index in [0.717, 1.165) is 18.6 Å². The summed E-state index contributed by atoms with van der Waals surface area (Å²) >= 11 is 0. The minimum absolute atomic E-state index is 0.000506. The van der Waals surface area contributed by atoms with Gasteiger partial charge in [-0.3, -0.25) is 4.79 Å². The predicted molar refractivity (Wildman–Crippen MR) is 77.1 cm³/mol. The first kappa shape index (κ1) is 14.7. The first-order valence-corrected chi connectivity index (χ1v) is 7.19. The van der Waals surface area contributed by atoms with E-state index in [0.29, 0.717) is 17.6 Å². The summed E-state index contributed by atoms with van der Waals surface area (Å²) in [6, 6.07) is 1.87. The van der Waals surface area contributed by atoms with Crippen LogP contribution in [-0.2, 0) is 11.2 Å². The standard InChI is InChI=1S/C16H15F2NO3/c1-3-22-16(21)14-12-5-4-8(2)19(12)13-7-11(18)10(17)6-9(13)15(14)20/h6-8H,3-5H2,1-2H3. The molecule has 2 heterocycles. The molecule has 1 atom stereocenters. The Morgan fingerprint density at radius 2 is 2.05 bits per heavy atom. The number of fused-ring (bicyclic) bond motifs is 3. The number of aromatic nitrogens is 1. The molecule has 2 aromatic rings. The number of ether oxygens (including phenoxy) is 1. The molecule has 1 aromatic carbocycles. The largest absolute Gasteiger partial charge is 0.462 e. The van der Waals surface area contributed by atoms with Gasteiger partial charge in [0.15, 0.2) is 11.6 Å². The highest BCUT2D eigenvalue weighted by Crippen LogP contribution is 2.32. The van der Waals surface area contributed by atoms with Gasteiger partial charge in [0, 0.05) is 23.2 Å². The van der Waals surface area contributed by atoms with Gasteiger partial charge in [-0.05, 0) is 32.8 Å². The van der Waals surface area contributed by atoms with Gasteiger partial charge < -0.3 is 9.30 Å². The normalized spacial score (nSPS) is 16.8. The molecule has 4 nitrogen and oxygen atoms in total. The molecule has 0 radical (unpaired) electrons. The molecule has 1 aliphatic rings. The van der Waals surface area contributed by atoms with Crippen LogP contribution < -0.4 is 5.43 Å². The number of rotatable bonds is 2. The second kappa shape index (κ2) is 5.19. The van der Waals surface area contributed by atoms with E-state index in [1.54, 1.807) is 11.5 Å². The lowest BCUT2D eigenvalue weighted by Gasteiger charge is -2.17. The summed E-state index contributed by atoms with van der Waals surface area (Å²) in [6.07, 6.45) is 1.25. The molecule has 0 saturated carbocycles. The average molecular weight is 307 g/mol. The summed E-state index contributed by atoms with van der Waals surface area (Å²) in [6.45, 7) is 3.70. The van der Waals surface area contributed by atoms with Gasteiger partial charge in [0.05, 0.1) is 12.1 Å². The molecule has 6 heteroatoms. The number of nitrogens with zero attached hydrogens (tertiary/aromatic N) is 1. The maximum absolute atomic E-state index is 13.6. The maximum atomic E-state index is 13.6. The van der Waals surface area contributed by atoms with Crippen LogP contribution in [0.4, 0.5) is 8.78 Å². The van der Waals surface area contributed by atoms with Crippen molar-refractivity contribution in [3.63, 3.8) is 0 Å². The van der Waals surface area contributed by atoms with Crippen molar-refractivity contribution in [2.75, 3.05) is 6.61 Å². The third kappa shape index (κ3) is 2.01. The SMILES string of the molecule is CCOC(=O)c1c2n(c3cc(F)c(F)cc3c1=O)C(C)CC2. The monoisotopic (exact) mass is 307 g/mol. The Hall–Kier alpha value is -2.24. The van der Waals surface area contributed by atoms with Crippen molar-refractivity contribution in [2.24, 2.45) is 0 Å². The van der Waals surface area contributed by atoms with Gasteiger partial charge in [0.1, 0.15) is 5.56 Å². The molecule has 116 valence electrons. The summed E-state index contributed by atoms with van der Waals surface area (Å²) in [5.41, 5.74) is 0.184. The molecule has 0 spiro atoms. The predicted octanol–water partition coefficient (Wildman–Crippen LogP) is 2.96. The number of carbonyl (C=O) groups is 1. The van der Waals surface area contributed by atoms with Gasteiger partial charge in [-0.2, -0.15) is 0 Å².